The van der Waals surface area contributed by atoms with Crippen LogP contribution in [0.15, 0.2) is 0 Å². The molecule has 0 bridgehead atoms. The van der Waals surface area contributed by atoms with Gasteiger partial charge in [-0.15, -0.1) is 0 Å². The van der Waals surface area contributed by atoms with E-state index in [0.29, 0.717) is 5.92 Å². The summed E-state index contributed by atoms with van der Waals surface area (Å²) in [6.07, 6.45) is 4.60. The van der Waals surface area contributed by atoms with Gasteiger partial charge in [-0.1, -0.05) is 0 Å². The van der Waals surface area contributed by atoms with Gasteiger partial charge in [0.1, 0.15) is 0 Å². The molecule has 1 aliphatic heterocycles. The van der Waals surface area contributed by atoms with Gasteiger partial charge in [0.25, 0.3) is 0 Å². The average Bonchev–Trinajstić information content (AvgIpc) is 2.97. The Morgan fingerprint density at radius 1 is 1.44 bits per heavy atom. The van der Waals surface area contributed by atoms with Crippen LogP contribution in [0.2, 0.25) is 0 Å². The van der Waals surface area contributed by atoms with Crippen LogP contribution in [-0.2, 0) is 4.79 Å². The van der Waals surface area contributed by atoms with Gasteiger partial charge in [-0.3, -0.25) is 10.2 Å². The molecule has 1 N–H and O–H groups in total. The highest BCUT2D eigenvalue weighted by molar-refractivity contribution is 5.85. The molecule has 1 amide bonds. The van der Waals surface area contributed by atoms with Crippen molar-refractivity contribution in [1.82, 2.24) is 15.3 Å². The molecule has 0 aromatic carbocycles. The first kappa shape index (κ1) is 11.9. The Bertz CT molecular complexity index is 273. The van der Waals surface area contributed by atoms with Gasteiger partial charge >= 0.3 is 0 Å². The second kappa shape index (κ2) is 4.34. The summed E-state index contributed by atoms with van der Waals surface area (Å²) in [6, 6.07) is 0. The fraction of sp³-hybridized carbons (Fsp3) is 0.917. The number of hydrogen-bond acceptors (Lipinski definition) is 3. The third-order valence-electron chi connectivity index (χ3n) is 3.97. The van der Waals surface area contributed by atoms with Crippen LogP contribution < -0.4 is 5.43 Å². The maximum absolute atomic E-state index is 12.2. The average molecular weight is 225 g/mol. The second-order valence-corrected chi connectivity index (χ2v) is 5.59. The summed E-state index contributed by atoms with van der Waals surface area (Å²) in [6.45, 7) is 2.27. The molecule has 4 heteroatoms. The van der Waals surface area contributed by atoms with Crippen LogP contribution in [0.5, 0.6) is 0 Å². The van der Waals surface area contributed by atoms with Gasteiger partial charge in [-0.25, -0.2) is 5.01 Å². The minimum atomic E-state index is -0.0427. The van der Waals surface area contributed by atoms with E-state index in [1.807, 2.05) is 14.1 Å². The molecule has 1 saturated heterocycles. The molecule has 1 aliphatic carbocycles. The van der Waals surface area contributed by atoms with Crippen LogP contribution in [0.25, 0.3) is 0 Å². The lowest BCUT2D eigenvalue weighted by atomic mass is 9.82. The van der Waals surface area contributed by atoms with Crippen LogP contribution in [0.4, 0.5) is 0 Å². The van der Waals surface area contributed by atoms with Gasteiger partial charge < -0.3 is 4.90 Å². The molecular formula is C12H23N3O. The molecular weight excluding hydrogens is 202 g/mol. The number of nitrogens with zero attached hydrogens (tertiary/aromatic N) is 2. The van der Waals surface area contributed by atoms with Crippen LogP contribution in [0.3, 0.4) is 0 Å². The molecule has 2 fully saturated rings. The van der Waals surface area contributed by atoms with E-state index in [-0.39, 0.29) is 11.3 Å². The minimum absolute atomic E-state index is 0.0427. The number of rotatable bonds is 3. The molecule has 1 unspecified atom stereocenters. The van der Waals surface area contributed by atoms with Gasteiger partial charge in [-0.2, -0.15) is 0 Å². The maximum atomic E-state index is 12.2. The molecule has 92 valence electrons. The van der Waals surface area contributed by atoms with E-state index in [0.717, 1.165) is 19.4 Å². The number of hydrazine groups is 1. The lowest BCUT2D eigenvalue weighted by Crippen LogP contribution is -2.47. The SMILES string of the molecule is CN1CCCC(C2(C(=O)NN(C)C)CC2)C1. The van der Waals surface area contributed by atoms with Crippen molar-refractivity contribution < 1.29 is 4.79 Å². The van der Waals surface area contributed by atoms with Crippen LogP contribution in [-0.4, -0.2) is 50.0 Å². The van der Waals surface area contributed by atoms with E-state index in [1.165, 1.54) is 19.4 Å². The first-order valence-corrected chi connectivity index (χ1v) is 6.21. The van der Waals surface area contributed by atoms with E-state index in [9.17, 15) is 4.79 Å². The van der Waals surface area contributed by atoms with Crippen molar-refractivity contribution in [2.24, 2.45) is 11.3 Å². The number of carbonyl (C=O) groups excluding carboxylic acids is 1. The summed E-state index contributed by atoms with van der Waals surface area (Å²) in [5.74, 6) is 0.795. The highest BCUT2D eigenvalue weighted by Gasteiger charge is 2.55. The Morgan fingerprint density at radius 2 is 2.12 bits per heavy atom. The molecule has 2 aliphatic rings. The van der Waals surface area contributed by atoms with E-state index in [1.54, 1.807) is 5.01 Å². The second-order valence-electron chi connectivity index (χ2n) is 5.59. The normalized spacial score (nSPS) is 29.1. The quantitative estimate of drug-likeness (QED) is 0.718. The number of carbonyl (C=O) groups is 1. The molecule has 0 spiro atoms. The van der Waals surface area contributed by atoms with Crippen LogP contribution in [0.1, 0.15) is 25.7 Å². The highest BCUT2D eigenvalue weighted by atomic mass is 16.2. The summed E-state index contributed by atoms with van der Waals surface area (Å²) >= 11 is 0. The predicted octanol–water partition coefficient (Wildman–Crippen LogP) is 0.701. The Balaban J connectivity index is 1.99. The molecule has 0 aromatic rings. The zero-order valence-electron chi connectivity index (χ0n) is 10.6. The molecule has 16 heavy (non-hydrogen) atoms. The summed E-state index contributed by atoms with van der Waals surface area (Å²) in [5, 5.41) is 1.76. The summed E-state index contributed by atoms with van der Waals surface area (Å²) in [7, 11) is 5.91. The van der Waals surface area contributed by atoms with Gasteiger partial charge in [0.2, 0.25) is 5.91 Å². The largest absolute Gasteiger partial charge is 0.306 e. The minimum Gasteiger partial charge on any atom is -0.306 e. The third-order valence-corrected chi connectivity index (χ3v) is 3.97. The van der Waals surface area contributed by atoms with Crippen LogP contribution >= 0.6 is 0 Å². The maximum Gasteiger partial charge on any atom is 0.240 e. The van der Waals surface area contributed by atoms with Gasteiger partial charge in [0.15, 0.2) is 0 Å². The van der Waals surface area contributed by atoms with E-state index in [4.69, 9.17) is 0 Å². The lowest BCUT2D eigenvalue weighted by Gasteiger charge is -2.35. The fourth-order valence-electron chi connectivity index (χ4n) is 2.89. The van der Waals surface area contributed by atoms with Crippen molar-refractivity contribution in [2.75, 3.05) is 34.2 Å². The first-order chi connectivity index (χ1) is 7.54. The Hall–Kier alpha value is -0.610. The highest BCUT2D eigenvalue weighted by Crippen LogP contribution is 2.54. The Morgan fingerprint density at radius 3 is 2.62 bits per heavy atom. The lowest BCUT2D eigenvalue weighted by molar-refractivity contribution is -0.133. The number of piperidine rings is 1. The van der Waals surface area contributed by atoms with Gasteiger partial charge in [0.05, 0.1) is 5.41 Å². The van der Waals surface area contributed by atoms with Crippen LogP contribution in [0, 0.1) is 11.3 Å². The molecule has 4 nitrogen and oxygen atoms in total. The Kier molecular flexibility index (Phi) is 3.22. The molecule has 0 aromatic heterocycles. The van der Waals surface area contributed by atoms with Crippen molar-refractivity contribution in [3.8, 4) is 0 Å². The zero-order chi connectivity index (χ0) is 11.8. The third kappa shape index (κ3) is 2.23. The number of amides is 1. The van der Waals surface area contributed by atoms with Crippen molar-refractivity contribution in [3.63, 3.8) is 0 Å². The predicted molar refractivity (Wildman–Crippen MR) is 63.7 cm³/mol. The van der Waals surface area contributed by atoms with E-state index < -0.39 is 0 Å². The van der Waals surface area contributed by atoms with E-state index in [2.05, 4.69) is 17.4 Å². The molecule has 2 rings (SSSR count). The number of nitrogens with one attached hydrogen (secondary N) is 1. The van der Waals surface area contributed by atoms with Crippen molar-refractivity contribution in [1.29, 1.82) is 0 Å². The molecule has 1 saturated carbocycles. The number of likely N-dealkylation sites (tertiary alicyclic amines) is 1. The summed E-state index contributed by atoms with van der Waals surface area (Å²) in [4.78, 5) is 14.5. The summed E-state index contributed by atoms with van der Waals surface area (Å²) in [5.41, 5.74) is 2.89. The van der Waals surface area contributed by atoms with Crippen molar-refractivity contribution in [3.05, 3.63) is 0 Å². The van der Waals surface area contributed by atoms with Gasteiger partial charge in [0, 0.05) is 20.6 Å². The van der Waals surface area contributed by atoms with Crippen molar-refractivity contribution >= 4 is 5.91 Å². The molecule has 0 radical (unpaired) electrons. The number of hydrogen-bond donors (Lipinski definition) is 1. The van der Waals surface area contributed by atoms with Crippen molar-refractivity contribution in [2.45, 2.75) is 25.7 Å². The standard InChI is InChI=1S/C12H23N3O/c1-14(2)13-11(16)12(6-7-12)10-5-4-8-15(3)9-10/h10H,4-9H2,1-3H3,(H,13,16). The molecule has 1 atom stereocenters. The van der Waals surface area contributed by atoms with E-state index >= 15 is 0 Å². The monoisotopic (exact) mass is 225 g/mol. The smallest absolute Gasteiger partial charge is 0.240 e. The Labute approximate surface area is 97.9 Å². The molecule has 1 heterocycles. The van der Waals surface area contributed by atoms with Gasteiger partial charge in [-0.05, 0) is 45.2 Å². The topological polar surface area (TPSA) is 35.6 Å². The fourth-order valence-corrected chi connectivity index (χ4v) is 2.89. The zero-order valence-corrected chi connectivity index (χ0v) is 10.6. The summed E-state index contributed by atoms with van der Waals surface area (Å²) < 4.78 is 0. The first-order valence-electron chi connectivity index (χ1n) is 6.21.